The summed E-state index contributed by atoms with van der Waals surface area (Å²) >= 11 is 3.29. The molecule has 1 amide bonds. The van der Waals surface area contributed by atoms with Crippen LogP contribution in [0.25, 0.3) is 0 Å². The van der Waals surface area contributed by atoms with Crippen molar-refractivity contribution in [3.8, 4) is 5.75 Å². The Morgan fingerprint density at radius 2 is 2.10 bits per heavy atom. The molecule has 20 heavy (non-hydrogen) atoms. The zero-order valence-corrected chi connectivity index (χ0v) is 12.9. The van der Waals surface area contributed by atoms with Gasteiger partial charge in [0.1, 0.15) is 11.6 Å². The number of ether oxygens (including phenoxy) is 1. The Bertz CT molecular complexity index is 612. The van der Waals surface area contributed by atoms with Gasteiger partial charge in [0.05, 0.1) is 0 Å². The van der Waals surface area contributed by atoms with Crippen LogP contribution in [0.2, 0.25) is 0 Å². The fourth-order valence-electron chi connectivity index (χ4n) is 1.65. The molecule has 0 fully saturated rings. The zero-order valence-electron chi connectivity index (χ0n) is 11.3. The lowest BCUT2D eigenvalue weighted by molar-refractivity contribution is -0.118. The van der Waals surface area contributed by atoms with Crippen molar-refractivity contribution in [2.45, 2.75) is 13.8 Å². The lowest BCUT2D eigenvalue weighted by Crippen LogP contribution is -2.21. The molecule has 4 nitrogen and oxygen atoms in total. The van der Waals surface area contributed by atoms with E-state index in [1.54, 1.807) is 12.3 Å². The molecule has 0 bridgehead atoms. The lowest BCUT2D eigenvalue weighted by Gasteiger charge is -2.10. The molecule has 1 heterocycles. The van der Waals surface area contributed by atoms with Crippen LogP contribution in [0.5, 0.6) is 5.75 Å². The Labute approximate surface area is 126 Å². The van der Waals surface area contributed by atoms with Gasteiger partial charge in [0, 0.05) is 10.7 Å². The SMILES string of the molecule is Cc1cccc(OCC(=O)Nc2ccc(Br)cn2)c1C. The number of carbonyl (C=O) groups is 1. The maximum absolute atomic E-state index is 11.8. The summed E-state index contributed by atoms with van der Waals surface area (Å²) < 4.78 is 6.39. The van der Waals surface area contributed by atoms with E-state index in [-0.39, 0.29) is 12.5 Å². The second-order valence-corrected chi connectivity index (χ2v) is 5.31. The van der Waals surface area contributed by atoms with Gasteiger partial charge >= 0.3 is 0 Å². The quantitative estimate of drug-likeness (QED) is 0.931. The predicted molar refractivity (Wildman–Crippen MR) is 82.0 cm³/mol. The molecule has 1 aromatic heterocycles. The maximum atomic E-state index is 11.8. The van der Waals surface area contributed by atoms with Gasteiger partial charge in [-0.05, 0) is 59.1 Å². The van der Waals surface area contributed by atoms with Crippen LogP contribution in [-0.4, -0.2) is 17.5 Å². The number of pyridine rings is 1. The summed E-state index contributed by atoms with van der Waals surface area (Å²) in [6.45, 7) is 3.94. The highest BCUT2D eigenvalue weighted by Gasteiger charge is 2.07. The van der Waals surface area contributed by atoms with Gasteiger partial charge in [-0.15, -0.1) is 0 Å². The summed E-state index contributed by atoms with van der Waals surface area (Å²) in [5.41, 5.74) is 2.18. The first kappa shape index (κ1) is 14.5. The fraction of sp³-hybridized carbons (Fsp3) is 0.200. The van der Waals surface area contributed by atoms with E-state index >= 15 is 0 Å². The van der Waals surface area contributed by atoms with Crippen molar-refractivity contribution in [1.82, 2.24) is 4.98 Å². The molecule has 2 aromatic rings. The minimum Gasteiger partial charge on any atom is -0.483 e. The number of hydrogen-bond donors (Lipinski definition) is 1. The van der Waals surface area contributed by atoms with Crippen LogP contribution in [0, 0.1) is 13.8 Å². The van der Waals surface area contributed by atoms with Crippen LogP contribution in [0.15, 0.2) is 41.0 Å². The van der Waals surface area contributed by atoms with E-state index in [1.807, 2.05) is 38.1 Å². The number of halogens is 1. The van der Waals surface area contributed by atoms with Crippen molar-refractivity contribution in [2.24, 2.45) is 0 Å². The van der Waals surface area contributed by atoms with Crippen molar-refractivity contribution in [1.29, 1.82) is 0 Å². The van der Waals surface area contributed by atoms with Crippen LogP contribution in [0.1, 0.15) is 11.1 Å². The summed E-state index contributed by atoms with van der Waals surface area (Å²) in [7, 11) is 0. The smallest absolute Gasteiger partial charge is 0.263 e. The van der Waals surface area contributed by atoms with Gasteiger partial charge in [0.25, 0.3) is 5.91 Å². The first-order chi connectivity index (χ1) is 9.56. The standard InChI is InChI=1S/C15H15BrN2O2/c1-10-4-3-5-13(11(10)2)20-9-15(19)18-14-7-6-12(16)8-17-14/h3-8H,9H2,1-2H3,(H,17,18,19). The Kier molecular flexibility index (Phi) is 4.74. The second-order valence-electron chi connectivity index (χ2n) is 4.40. The van der Waals surface area contributed by atoms with Gasteiger partial charge in [-0.2, -0.15) is 0 Å². The molecule has 0 radical (unpaired) electrons. The number of nitrogens with one attached hydrogen (secondary N) is 1. The van der Waals surface area contributed by atoms with Crippen LogP contribution in [-0.2, 0) is 4.79 Å². The molecule has 0 aliphatic rings. The third kappa shape index (κ3) is 3.81. The molecule has 0 aliphatic carbocycles. The minimum absolute atomic E-state index is 0.0396. The third-order valence-corrected chi connectivity index (χ3v) is 3.38. The second kappa shape index (κ2) is 6.52. The van der Waals surface area contributed by atoms with Crippen LogP contribution < -0.4 is 10.1 Å². The molecule has 0 atom stereocenters. The molecule has 104 valence electrons. The van der Waals surface area contributed by atoms with Crippen LogP contribution in [0.4, 0.5) is 5.82 Å². The van der Waals surface area contributed by atoms with Crippen LogP contribution in [0.3, 0.4) is 0 Å². The Hall–Kier alpha value is -1.88. The van der Waals surface area contributed by atoms with E-state index < -0.39 is 0 Å². The van der Waals surface area contributed by atoms with Gasteiger partial charge in [-0.25, -0.2) is 4.98 Å². The van der Waals surface area contributed by atoms with E-state index in [0.29, 0.717) is 5.82 Å². The number of anilines is 1. The minimum atomic E-state index is -0.235. The molecule has 1 aromatic carbocycles. The summed E-state index contributed by atoms with van der Waals surface area (Å²) in [6.07, 6.45) is 1.63. The molecule has 5 heteroatoms. The van der Waals surface area contributed by atoms with Gasteiger partial charge in [0.15, 0.2) is 6.61 Å². The molecule has 0 unspecified atom stereocenters. The van der Waals surface area contributed by atoms with Gasteiger partial charge in [-0.3, -0.25) is 4.79 Å². The molecule has 1 N–H and O–H groups in total. The van der Waals surface area contributed by atoms with Crippen LogP contribution >= 0.6 is 15.9 Å². The van der Waals surface area contributed by atoms with Gasteiger partial charge in [0.2, 0.25) is 0 Å². The molecule has 0 saturated heterocycles. The highest BCUT2D eigenvalue weighted by atomic mass is 79.9. The van der Waals surface area contributed by atoms with Crippen molar-refractivity contribution in [2.75, 3.05) is 11.9 Å². The highest BCUT2D eigenvalue weighted by Crippen LogP contribution is 2.20. The van der Waals surface area contributed by atoms with Gasteiger partial charge < -0.3 is 10.1 Å². The average molecular weight is 335 g/mol. The number of rotatable bonds is 4. The number of carbonyl (C=O) groups excluding carboxylic acids is 1. The average Bonchev–Trinajstić information content (AvgIpc) is 2.43. The number of nitrogens with zero attached hydrogens (tertiary/aromatic N) is 1. The third-order valence-electron chi connectivity index (χ3n) is 2.91. The maximum Gasteiger partial charge on any atom is 0.263 e. The van der Waals surface area contributed by atoms with E-state index in [4.69, 9.17) is 4.74 Å². The number of hydrogen-bond acceptors (Lipinski definition) is 3. The number of aromatic nitrogens is 1. The zero-order chi connectivity index (χ0) is 14.5. The normalized spacial score (nSPS) is 10.2. The van der Waals surface area contributed by atoms with E-state index in [0.717, 1.165) is 21.3 Å². The van der Waals surface area contributed by atoms with E-state index in [2.05, 4.69) is 26.2 Å². The summed E-state index contributed by atoms with van der Waals surface area (Å²) in [5.74, 6) is 0.993. The highest BCUT2D eigenvalue weighted by molar-refractivity contribution is 9.10. The van der Waals surface area contributed by atoms with Crippen molar-refractivity contribution >= 4 is 27.7 Å². The Morgan fingerprint density at radius 3 is 2.80 bits per heavy atom. The Morgan fingerprint density at radius 1 is 1.30 bits per heavy atom. The number of amides is 1. The molecular weight excluding hydrogens is 320 g/mol. The topological polar surface area (TPSA) is 51.2 Å². The largest absolute Gasteiger partial charge is 0.483 e. The molecule has 2 rings (SSSR count). The summed E-state index contributed by atoms with van der Waals surface area (Å²) in [4.78, 5) is 15.8. The predicted octanol–water partition coefficient (Wildman–Crippen LogP) is 3.48. The monoisotopic (exact) mass is 334 g/mol. The number of benzene rings is 1. The van der Waals surface area contributed by atoms with Crippen molar-refractivity contribution in [3.63, 3.8) is 0 Å². The molecule has 0 spiro atoms. The summed E-state index contributed by atoms with van der Waals surface area (Å²) in [5, 5.41) is 2.68. The van der Waals surface area contributed by atoms with Gasteiger partial charge in [-0.1, -0.05) is 12.1 Å². The lowest BCUT2D eigenvalue weighted by atomic mass is 10.1. The first-order valence-electron chi connectivity index (χ1n) is 6.16. The van der Waals surface area contributed by atoms with E-state index in [1.165, 1.54) is 0 Å². The molecule has 0 aliphatic heterocycles. The summed E-state index contributed by atoms with van der Waals surface area (Å²) in [6, 6.07) is 9.31. The van der Waals surface area contributed by atoms with Crippen molar-refractivity contribution < 1.29 is 9.53 Å². The molecular formula is C15H15BrN2O2. The fourth-order valence-corrected chi connectivity index (χ4v) is 1.89. The number of aryl methyl sites for hydroxylation is 1. The Balaban J connectivity index is 1.92. The first-order valence-corrected chi connectivity index (χ1v) is 6.96. The molecule has 0 saturated carbocycles. The van der Waals surface area contributed by atoms with E-state index in [9.17, 15) is 4.79 Å². The van der Waals surface area contributed by atoms with Crippen molar-refractivity contribution in [3.05, 3.63) is 52.1 Å².